The van der Waals surface area contributed by atoms with Crippen molar-refractivity contribution in [3.8, 4) is 0 Å². The lowest BCUT2D eigenvalue weighted by atomic mass is 10.0. The Morgan fingerprint density at radius 1 is 1.09 bits per heavy atom. The fourth-order valence-corrected chi connectivity index (χ4v) is 3.94. The van der Waals surface area contributed by atoms with Crippen LogP contribution in [0.25, 0.3) is 0 Å². The average molecular weight is 463 g/mol. The largest absolute Gasteiger partial charge is 0.412 e. The van der Waals surface area contributed by atoms with Crippen LogP contribution in [0.15, 0.2) is 42.5 Å². The van der Waals surface area contributed by atoms with Gasteiger partial charge >= 0.3 is 6.18 Å². The van der Waals surface area contributed by atoms with Crippen molar-refractivity contribution in [1.82, 2.24) is 15.5 Å². The van der Waals surface area contributed by atoms with Gasteiger partial charge in [-0.1, -0.05) is 12.1 Å². The first kappa shape index (κ1) is 22.4. The Labute approximate surface area is 184 Å². The Bertz CT molecular complexity index is 1150. The van der Waals surface area contributed by atoms with E-state index in [2.05, 4.69) is 5.32 Å². The van der Waals surface area contributed by atoms with Gasteiger partial charge < -0.3 is 10.2 Å². The van der Waals surface area contributed by atoms with Crippen LogP contribution in [0.2, 0.25) is 0 Å². The predicted molar refractivity (Wildman–Crippen MR) is 105 cm³/mol. The summed E-state index contributed by atoms with van der Waals surface area (Å²) < 4.78 is 53.8. The van der Waals surface area contributed by atoms with Gasteiger partial charge in [-0.15, -0.1) is 0 Å². The molecular weight excluding hydrogens is 446 g/mol. The van der Waals surface area contributed by atoms with Crippen molar-refractivity contribution < 1.29 is 36.7 Å². The molecule has 2 N–H and O–H groups in total. The molecule has 2 atom stereocenters. The summed E-state index contributed by atoms with van der Waals surface area (Å²) in [5.74, 6) is -3.24. The van der Waals surface area contributed by atoms with Crippen molar-refractivity contribution in [2.45, 2.75) is 37.6 Å². The van der Waals surface area contributed by atoms with Gasteiger partial charge in [0.25, 0.3) is 11.8 Å². The van der Waals surface area contributed by atoms with E-state index in [1.807, 2.05) is 5.32 Å². The average Bonchev–Trinajstić information content (AvgIpc) is 3.07. The highest BCUT2D eigenvalue weighted by atomic mass is 19.4. The summed E-state index contributed by atoms with van der Waals surface area (Å²) in [6.45, 7) is -0.0256. The summed E-state index contributed by atoms with van der Waals surface area (Å²) in [5.41, 5.74) is 0.158. The van der Waals surface area contributed by atoms with Crippen molar-refractivity contribution in [2.75, 3.05) is 0 Å². The van der Waals surface area contributed by atoms with Crippen molar-refractivity contribution in [1.29, 1.82) is 0 Å². The summed E-state index contributed by atoms with van der Waals surface area (Å²) >= 11 is 0. The number of alkyl halides is 3. The first-order valence-electron chi connectivity index (χ1n) is 9.95. The predicted octanol–water partition coefficient (Wildman–Crippen LogP) is 2.62. The zero-order chi connectivity index (χ0) is 23.9. The number of hydrogen-bond acceptors (Lipinski definition) is 4. The first-order chi connectivity index (χ1) is 15.5. The minimum atomic E-state index is -4.83. The van der Waals surface area contributed by atoms with E-state index < -0.39 is 47.7 Å². The molecule has 1 saturated heterocycles. The van der Waals surface area contributed by atoms with E-state index in [0.717, 1.165) is 24.3 Å². The maximum Gasteiger partial charge on any atom is 0.412 e. The van der Waals surface area contributed by atoms with Crippen LogP contribution < -0.4 is 10.6 Å². The second-order valence-electron chi connectivity index (χ2n) is 7.77. The lowest BCUT2D eigenvalue weighted by Crippen LogP contribution is -2.52. The summed E-state index contributed by atoms with van der Waals surface area (Å²) in [6, 6.07) is 4.23. The number of hydrogen-bond donors (Lipinski definition) is 2. The molecule has 7 nitrogen and oxygen atoms in total. The second kappa shape index (κ2) is 8.30. The van der Waals surface area contributed by atoms with Gasteiger partial charge in [-0.25, -0.2) is 4.39 Å². The van der Waals surface area contributed by atoms with Crippen LogP contribution >= 0.6 is 0 Å². The van der Waals surface area contributed by atoms with E-state index in [0.29, 0.717) is 5.56 Å². The van der Waals surface area contributed by atoms with Crippen LogP contribution in [-0.2, 0) is 16.1 Å². The fraction of sp³-hybridized carbons (Fsp3) is 0.273. The molecule has 33 heavy (non-hydrogen) atoms. The monoisotopic (exact) mass is 463 g/mol. The molecule has 11 heteroatoms. The van der Waals surface area contributed by atoms with E-state index in [9.17, 15) is 36.7 Å². The topological polar surface area (TPSA) is 95.6 Å². The molecule has 2 unspecified atom stereocenters. The molecule has 2 aromatic rings. The number of rotatable bonds is 4. The van der Waals surface area contributed by atoms with Crippen molar-refractivity contribution in [3.63, 3.8) is 0 Å². The molecule has 0 spiro atoms. The Kier molecular flexibility index (Phi) is 5.64. The number of fused-ring (bicyclic) bond motifs is 1. The van der Waals surface area contributed by atoms with Crippen molar-refractivity contribution in [3.05, 3.63) is 70.5 Å². The highest BCUT2D eigenvalue weighted by molar-refractivity contribution is 6.06. The molecule has 0 saturated carbocycles. The Morgan fingerprint density at radius 3 is 2.42 bits per heavy atom. The molecule has 172 valence electrons. The maximum absolute atomic E-state index is 13.6. The normalized spacial score (nSPS) is 19.2. The van der Waals surface area contributed by atoms with Gasteiger partial charge in [-0.2, -0.15) is 13.2 Å². The number of halogens is 4. The van der Waals surface area contributed by atoms with Crippen LogP contribution in [0, 0.1) is 5.82 Å². The summed E-state index contributed by atoms with van der Waals surface area (Å²) in [5, 5.41) is 4.08. The molecule has 2 aliphatic heterocycles. The summed E-state index contributed by atoms with van der Waals surface area (Å²) in [6.07, 6.45) is -4.60. The minimum Gasteiger partial charge on any atom is -0.337 e. The molecule has 2 aromatic carbocycles. The van der Waals surface area contributed by atoms with Crippen LogP contribution in [0.3, 0.4) is 0 Å². The van der Waals surface area contributed by atoms with E-state index in [1.165, 1.54) is 23.1 Å². The number of imide groups is 1. The molecule has 0 aliphatic carbocycles. The molecule has 4 amide bonds. The number of piperidine rings is 1. The van der Waals surface area contributed by atoms with Crippen LogP contribution in [0.4, 0.5) is 17.6 Å². The number of amides is 4. The van der Waals surface area contributed by atoms with Gasteiger partial charge in [0, 0.05) is 24.1 Å². The summed E-state index contributed by atoms with van der Waals surface area (Å²) in [4.78, 5) is 50.1. The minimum absolute atomic E-state index is 0.0256. The molecule has 0 radical (unpaired) electrons. The standard InChI is InChI=1S/C22H17F4N3O4/c23-14-4-1-11(2-5-14)18(22(24,25)26)28-19(31)12-3-6-15-13(9-12)10-29(21(15)33)16-7-8-17(30)27-20(16)32/h1-6,9,16,18H,7-8,10H2,(H,28,31)(H,27,30,32). The number of carbonyl (C=O) groups excluding carboxylic acids is 4. The Morgan fingerprint density at radius 2 is 1.79 bits per heavy atom. The van der Waals surface area contributed by atoms with Gasteiger partial charge in [-0.3, -0.25) is 24.5 Å². The van der Waals surface area contributed by atoms with Gasteiger partial charge in [0.2, 0.25) is 11.8 Å². The van der Waals surface area contributed by atoms with Crippen LogP contribution in [-0.4, -0.2) is 40.7 Å². The third-order valence-corrected chi connectivity index (χ3v) is 5.59. The SMILES string of the molecule is O=C1CCC(N2Cc3cc(C(=O)NC(c4ccc(F)cc4)C(F)(F)F)ccc3C2=O)C(=O)N1. The Balaban J connectivity index is 1.54. The van der Waals surface area contributed by atoms with Gasteiger partial charge in [0.1, 0.15) is 11.9 Å². The molecular formula is C22H17F4N3O4. The van der Waals surface area contributed by atoms with Gasteiger partial charge in [0.05, 0.1) is 0 Å². The number of benzene rings is 2. The lowest BCUT2D eigenvalue weighted by Gasteiger charge is -2.29. The van der Waals surface area contributed by atoms with Gasteiger partial charge in [0.15, 0.2) is 6.04 Å². The van der Waals surface area contributed by atoms with Crippen molar-refractivity contribution >= 4 is 23.6 Å². The van der Waals surface area contributed by atoms with Gasteiger partial charge in [-0.05, 0) is 47.9 Å². The number of nitrogens with one attached hydrogen (secondary N) is 2. The third kappa shape index (κ3) is 4.43. The van der Waals surface area contributed by atoms with E-state index in [4.69, 9.17) is 0 Å². The lowest BCUT2D eigenvalue weighted by molar-refractivity contribution is -0.155. The van der Waals surface area contributed by atoms with Crippen molar-refractivity contribution in [2.24, 2.45) is 0 Å². The second-order valence-corrected chi connectivity index (χ2v) is 7.77. The first-order valence-corrected chi connectivity index (χ1v) is 9.95. The molecule has 0 aromatic heterocycles. The Hall–Kier alpha value is -3.76. The third-order valence-electron chi connectivity index (χ3n) is 5.59. The molecule has 4 rings (SSSR count). The fourth-order valence-electron chi connectivity index (χ4n) is 3.94. The molecule has 2 aliphatic rings. The zero-order valence-electron chi connectivity index (χ0n) is 16.9. The highest BCUT2D eigenvalue weighted by Crippen LogP contribution is 2.33. The van der Waals surface area contributed by atoms with Crippen LogP contribution in [0.1, 0.15) is 50.7 Å². The molecule has 1 fully saturated rings. The van der Waals surface area contributed by atoms with Crippen LogP contribution in [0.5, 0.6) is 0 Å². The van der Waals surface area contributed by atoms with E-state index in [1.54, 1.807) is 0 Å². The molecule has 2 heterocycles. The van der Waals surface area contributed by atoms with E-state index in [-0.39, 0.29) is 36.1 Å². The number of carbonyl (C=O) groups is 4. The summed E-state index contributed by atoms with van der Waals surface area (Å²) in [7, 11) is 0. The highest BCUT2D eigenvalue weighted by Gasteiger charge is 2.43. The molecule has 0 bridgehead atoms. The maximum atomic E-state index is 13.6. The zero-order valence-corrected chi connectivity index (χ0v) is 16.9. The van der Waals surface area contributed by atoms with E-state index >= 15 is 0 Å². The smallest absolute Gasteiger partial charge is 0.337 e. The quantitative estimate of drug-likeness (QED) is 0.538. The number of nitrogens with zero attached hydrogens (tertiary/aromatic N) is 1.